The van der Waals surface area contributed by atoms with Crippen LogP contribution in [-0.4, -0.2) is 36.8 Å². The number of benzene rings is 2. The second kappa shape index (κ2) is 7.72. The summed E-state index contributed by atoms with van der Waals surface area (Å²) in [5, 5.41) is 0.433. The summed E-state index contributed by atoms with van der Waals surface area (Å²) in [5.74, 6) is -0.572. The van der Waals surface area contributed by atoms with Crippen LogP contribution < -0.4 is 5.43 Å². The Morgan fingerprint density at radius 2 is 1.87 bits per heavy atom. The van der Waals surface area contributed by atoms with E-state index in [1.165, 1.54) is 11.0 Å². The van der Waals surface area contributed by atoms with Crippen molar-refractivity contribution in [1.82, 2.24) is 4.90 Å². The van der Waals surface area contributed by atoms with Crippen molar-refractivity contribution in [3.8, 4) is 0 Å². The molecule has 30 heavy (non-hydrogen) atoms. The normalized spacial score (nSPS) is 17.9. The molecule has 3 aromatic rings. The van der Waals surface area contributed by atoms with Gasteiger partial charge in [-0.1, -0.05) is 36.4 Å². The molecular formula is C23H23NO5S. The zero-order chi connectivity index (χ0) is 21.5. The lowest BCUT2D eigenvalue weighted by molar-refractivity contribution is 0.0648. The lowest BCUT2D eigenvalue weighted by Crippen LogP contribution is -2.40. The van der Waals surface area contributed by atoms with Crippen LogP contribution in [0.15, 0.2) is 57.7 Å². The summed E-state index contributed by atoms with van der Waals surface area (Å²) in [5.41, 5.74) is 2.69. The first kappa shape index (κ1) is 20.3. The third kappa shape index (κ3) is 4.03. The fourth-order valence-corrected chi connectivity index (χ4v) is 5.75. The lowest BCUT2D eigenvalue weighted by atomic mass is 10.1. The van der Waals surface area contributed by atoms with Gasteiger partial charge in [-0.25, -0.2) is 8.42 Å². The van der Waals surface area contributed by atoms with Crippen LogP contribution in [0, 0.1) is 13.8 Å². The van der Waals surface area contributed by atoms with Crippen molar-refractivity contribution in [3.05, 3.63) is 81.2 Å². The lowest BCUT2D eigenvalue weighted by Gasteiger charge is -2.28. The SMILES string of the molecule is Cc1cc(C)c2oc(C(=O)N(Cc3ccccc3)[C@@H]3CCS(=O)(=O)C3)cc(=O)c2c1. The Bertz CT molecular complexity index is 1280. The number of aryl methyl sites for hydroxylation is 2. The number of sulfone groups is 1. The second-order valence-corrected chi connectivity index (χ2v) is 10.1. The highest BCUT2D eigenvalue weighted by atomic mass is 32.2. The van der Waals surface area contributed by atoms with Crippen LogP contribution in [-0.2, 0) is 16.4 Å². The molecule has 1 aliphatic rings. The first-order valence-electron chi connectivity index (χ1n) is 9.84. The number of hydrogen-bond acceptors (Lipinski definition) is 5. The molecular weight excluding hydrogens is 402 g/mol. The predicted octanol–water partition coefficient (Wildman–Crippen LogP) is 3.24. The fraction of sp³-hybridized carbons (Fsp3) is 0.304. The van der Waals surface area contributed by atoms with Crippen molar-refractivity contribution in [3.63, 3.8) is 0 Å². The number of amides is 1. The molecule has 0 aliphatic carbocycles. The van der Waals surface area contributed by atoms with Crippen LogP contribution in [0.2, 0.25) is 0 Å². The smallest absolute Gasteiger partial charge is 0.290 e. The molecule has 156 valence electrons. The molecule has 0 N–H and O–H groups in total. The van der Waals surface area contributed by atoms with Crippen molar-refractivity contribution < 1.29 is 17.6 Å². The van der Waals surface area contributed by atoms with E-state index in [0.29, 0.717) is 17.4 Å². The summed E-state index contributed by atoms with van der Waals surface area (Å²) in [4.78, 5) is 27.6. The van der Waals surface area contributed by atoms with Gasteiger partial charge in [0.15, 0.2) is 21.0 Å². The molecule has 6 nitrogen and oxygen atoms in total. The number of carbonyl (C=O) groups is 1. The summed E-state index contributed by atoms with van der Waals surface area (Å²) in [6.45, 7) is 3.97. The summed E-state index contributed by atoms with van der Waals surface area (Å²) < 4.78 is 30.0. The van der Waals surface area contributed by atoms with Gasteiger partial charge in [0.1, 0.15) is 5.58 Å². The van der Waals surface area contributed by atoms with E-state index in [0.717, 1.165) is 16.7 Å². The molecule has 1 fully saturated rings. The zero-order valence-electron chi connectivity index (χ0n) is 16.9. The molecule has 0 unspecified atom stereocenters. The summed E-state index contributed by atoms with van der Waals surface area (Å²) in [7, 11) is -3.19. The quantitative estimate of drug-likeness (QED) is 0.641. The molecule has 0 spiro atoms. The van der Waals surface area contributed by atoms with Crippen LogP contribution in [0.4, 0.5) is 0 Å². The Balaban J connectivity index is 1.77. The molecule has 7 heteroatoms. The Kier molecular flexibility index (Phi) is 5.24. The van der Waals surface area contributed by atoms with Gasteiger partial charge in [0.25, 0.3) is 5.91 Å². The maximum absolute atomic E-state index is 13.4. The van der Waals surface area contributed by atoms with Crippen molar-refractivity contribution in [1.29, 1.82) is 0 Å². The maximum Gasteiger partial charge on any atom is 0.290 e. The van der Waals surface area contributed by atoms with E-state index in [2.05, 4.69) is 0 Å². The van der Waals surface area contributed by atoms with Crippen molar-refractivity contribution >= 4 is 26.7 Å². The van der Waals surface area contributed by atoms with Crippen molar-refractivity contribution in [2.24, 2.45) is 0 Å². The molecule has 4 rings (SSSR count). The minimum Gasteiger partial charge on any atom is -0.450 e. The fourth-order valence-electron chi connectivity index (χ4n) is 4.02. The molecule has 1 saturated heterocycles. The number of hydrogen-bond donors (Lipinski definition) is 0. The first-order chi connectivity index (χ1) is 14.2. The maximum atomic E-state index is 13.4. The van der Waals surface area contributed by atoms with Crippen molar-refractivity contribution in [2.45, 2.75) is 32.9 Å². The zero-order valence-corrected chi connectivity index (χ0v) is 17.7. The van der Waals surface area contributed by atoms with Gasteiger partial charge in [-0.3, -0.25) is 9.59 Å². The van der Waals surface area contributed by atoms with Gasteiger partial charge in [-0.15, -0.1) is 0 Å². The van der Waals surface area contributed by atoms with E-state index in [4.69, 9.17) is 4.42 Å². The Morgan fingerprint density at radius 3 is 2.53 bits per heavy atom. The first-order valence-corrected chi connectivity index (χ1v) is 11.7. The van der Waals surface area contributed by atoms with E-state index in [-0.39, 0.29) is 29.2 Å². The van der Waals surface area contributed by atoms with Gasteiger partial charge in [-0.2, -0.15) is 0 Å². The van der Waals surface area contributed by atoms with Gasteiger partial charge in [-0.05, 0) is 43.0 Å². The molecule has 0 radical (unpaired) electrons. The Hall–Kier alpha value is -2.93. The molecule has 2 aromatic carbocycles. The summed E-state index contributed by atoms with van der Waals surface area (Å²) in [6, 6.07) is 13.8. The van der Waals surface area contributed by atoms with Gasteiger partial charge < -0.3 is 9.32 Å². The molecule has 1 aromatic heterocycles. The van der Waals surface area contributed by atoms with E-state index in [1.807, 2.05) is 50.2 Å². The minimum atomic E-state index is -3.19. The van der Waals surface area contributed by atoms with Crippen LogP contribution in [0.5, 0.6) is 0 Å². The van der Waals surface area contributed by atoms with Gasteiger partial charge in [0, 0.05) is 18.7 Å². The number of fused-ring (bicyclic) bond motifs is 1. The monoisotopic (exact) mass is 425 g/mol. The number of rotatable bonds is 4. The minimum absolute atomic E-state index is 0.0519. The number of carbonyl (C=O) groups excluding carboxylic acids is 1. The number of nitrogens with zero attached hydrogens (tertiary/aromatic N) is 1. The average molecular weight is 426 g/mol. The van der Waals surface area contributed by atoms with Crippen molar-refractivity contribution in [2.75, 3.05) is 11.5 Å². The second-order valence-electron chi connectivity index (χ2n) is 7.91. The molecule has 1 aliphatic heterocycles. The van der Waals surface area contributed by atoms with Crippen LogP contribution >= 0.6 is 0 Å². The summed E-state index contributed by atoms with van der Waals surface area (Å²) in [6.07, 6.45) is 0.372. The largest absolute Gasteiger partial charge is 0.450 e. The highest BCUT2D eigenvalue weighted by Crippen LogP contribution is 2.24. The van der Waals surface area contributed by atoms with Gasteiger partial charge in [0.2, 0.25) is 0 Å². The van der Waals surface area contributed by atoms with Gasteiger partial charge in [0.05, 0.1) is 16.9 Å². The third-order valence-corrected chi connectivity index (χ3v) is 7.23. The van der Waals surface area contributed by atoms with Crippen LogP contribution in [0.1, 0.15) is 33.7 Å². The van der Waals surface area contributed by atoms with E-state index in [9.17, 15) is 18.0 Å². The highest BCUT2D eigenvalue weighted by molar-refractivity contribution is 7.91. The van der Waals surface area contributed by atoms with Crippen LogP contribution in [0.25, 0.3) is 11.0 Å². The molecule has 0 bridgehead atoms. The van der Waals surface area contributed by atoms with E-state index in [1.54, 1.807) is 6.07 Å². The molecule has 2 heterocycles. The van der Waals surface area contributed by atoms with Gasteiger partial charge >= 0.3 is 0 Å². The highest BCUT2D eigenvalue weighted by Gasteiger charge is 2.36. The van der Waals surface area contributed by atoms with E-state index >= 15 is 0 Å². The van der Waals surface area contributed by atoms with E-state index < -0.39 is 21.8 Å². The Morgan fingerprint density at radius 1 is 1.13 bits per heavy atom. The molecule has 0 saturated carbocycles. The average Bonchev–Trinajstić information content (AvgIpc) is 3.06. The Labute approximate surface area is 175 Å². The van der Waals surface area contributed by atoms with Crippen LogP contribution in [0.3, 0.4) is 0 Å². The standard InChI is InChI=1S/C23H23NO5S/c1-15-10-16(2)22-19(11-15)20(25)12-21(29-22)23(26)24(13-17-6-4-3-5-7-17)18-8-9-30(27,28)14-18/h3-7,10-12,18H,8-9,13-14H2,1-2H3/t18-/m1/s1. The predicted molar refractivity (Wildman–Crippen MR) is 115 cm³/mol. The third-order valence-electron chi connectivity index (χ3n) is 5.48. The molecule has 1 amide bonds. The topological polar surface area (TPSA) is 84.7 Å². The summed E-state index contributed by atoms with van der Waals surface area (Å²) >= 11 is 0. The molecule has 1 atom stereocenters.